The van der Waals surface area contributed by atoms with Crippen molar-refractivity contribution in [2.45, 2.75) is 18.9 Å². The molecule has 1 aromatic carbocycles. The maximum atomic E-state index is 12.1. The van der Waals surface area contributed by atoms with Crippen molar-refractivity contribution >= 4 is 21.4 Å². The van der Waals surface area contributed by atoms with E-state index < -0.39 is 14.9 Å². The third-order valence-electron chi connectivity index (χ3n) is 2.56. The fraction of sp³-hybridized carbons (Fsp3) is 0.182. The third kappa shape index (κ3) is 2.77. The summed E-state index contributed by atoms with van der Waals surface area (Å²) in [4.78, 5) is 16.6. The van der Waals surface area contributed by atoms with E-state index in [1.54, 1.807) is 13.8 Å². The fourth-order valence-electron chi connectivity index (χ4n) is 1.63. The van der Waals surface area contributed by atoms with E-state index in [2.05, 4.69) is 14.7 Å². The first kappa shape index (κ1) is 14.0. The first-order chi connectivity index (χ1) is 9.29. The number of hydrogen-bond acceptors (Lipinski definition) is 5. The van der Waals surface area contributed by atoms with E-state index in [1.165, 1.54) is 18.2 Å². The zero-order valence-corrected chi connectivity index (χ0v) is 11.6. The predicted molar refractivity (Wildman–Crippen MR) is 72.0 cm³/mol. The lowest BCUT2D eigenvalue weighted by molar-refractivity contribution is -0.383. The molecule has 9 heteroatoms. The van der Waals surface area contributed by atoms with Gasteiger partial charge in [-0.3, -0.25) is 14.8 Å². The Morgan fingerprint density at radius 3 is 2.60 bits per heavy atom. The van der Waals surface area contributed by atoms with Crippen molar-refractivity contribution in [1.82, 2.24) is 9.97 Å². The Kier molecular flexibility index (Phi) is 3.45. The number of anilines is 1. The number of aromatic nitrogens is 2. The van der Waals surface area contributed by atoms with Crippen LogP contribution in [0.4, 0.5) is 11.4 Å². The van der Waals surface area contributed by atoms with Gasteiger partial charge in [-0.2, -0.15) is 8.42 Å². The Hall–Kier alpha value is -2.42. The van der Waals surface area contributed by atoms with Gasteiger partial charge in [-0.05, 0) is 25.5 Å². The Balaban J connectivity index is 2.44. The normalized spacial score (nSPS) is 11.3. The van der Waals surface area contributed by atoms with Crippen LogP contribution in [0.15, 0.2) is 29.4 Å². The van der Waals surface area contributed by atoms with Crippen molar-refractivity contribution in [2.75, 3.05) is 4.72 Å². The molecule has 2 N–H and O–H groups in total. The van der Waals surface area contributed by atoms with Crippen molar-refractivity contribution < 1.29 is 13.3 Å². The monoisotopic (exact) mass is 296 g/mol. The highest BCUT2D eigenvalue weighted by atomic mass is 32.2. The van der Waals surface area contributed by atoms with Crippen LogP contribution >= 0.6 is 0 Å². The summed E-state index contributed by atoms with van der Waals surface area (Å²) in [7, 11) is -3.94. The van der Waals surface area contributed by atoms with Crippen LogP contribution in [-0.2, 0) is 10.0 Å². The van der Waals surface area contributed by atoms with Crippen LogP contribution < -0.4 is 4.72 Å². The molecule has 106 valence electrons. The largest absolute Gasteiger partial charge is 0.332 e. The zero-order chi connectivity index (χ0) is 14.9. The number of rotatable bonds is 4. The summed E-state index contributed by atoms with van der Waals surface area (Å²) in [6.07, 6.45) is 1.15. The highest BCUT2D eigenvalue weighted by Gasteiger charge is 2.22. The molecule has 2 aromatic rings. The summed E-state index contributed by atoms with van der Waals surface area (Å²) in [6, 6.07) is 4.20. The predicted octanol–water partition coefficient (Wildman–Crippen LogP) is 1.74. The molecule has 0 saturated heterocycles. The maximum absolute atomic E-state index is 12.1. The molecular weight excluding hydrogens is 284 g/mol. The molecule has 0 aliphatic heterocycles. The molecule has 0 bridgehead atoms. The highest BCUT2D eigenvalue weighted by Crippen LogP contribution is 2.27. The summed E-state index contributed by atoms with van der Waals surface area (Å²) in [6.45, 7) is 3.32. The van der Waals surface area contributed by atoms with E-state index in [9.17, 15) is 18.5 Å². The number of nitro groups is 1. The van der Waals surface area contributed by atoms with Gasteiger partial charge in [-0.15, -0.1) is 0 Å². The van der Waals surface area contributed by atoms with Gasteiger partial charge in [0.1, 0.15) is 11.5 Å². The van der Waals surface area contributed by atoms with E-state index in [4.69, 9.17) is 0 Å². The number of aryl methyl sites for hydroxylation is 2. The van der Waals surface area contributed by atoms with E-state index in [0.29, 0.717) is 11.4 Å². The van der Waals surface area contributed by atoms with Crippen LogP contribution in [-0.4, -0.2) is 23.3 Å². The van der Waals surface area contributed by atoms with E-state index >= 15 is 0 Å². The Morgan fingerprint density at radius 2 is 2.05 bits per heavy atom. The molecule has 1 heterocycles. The molecule has 0 saturated carbocycles. The average Bonchev–Trinajstić information content (AvgIpc) is 2.75. The van der Waals surface area contributed by atoms with Gasteiger partial charge in [0, 0.05) is 6.07 Å². The van der Waals surface area contributed by atoms with Crippen LogP contribution in [0, 0.1) is 24.0 Å². The van der Waals surface area contributed by atoms with E-state index in [1.807, 2.05) is 0 Å². The molecule has 8 nitrogen and oxygen atoms in total. The molecule has 0 unspecified atom stereocenters. The van der Waals surface area contributed by atoms with Crippen molar-refractivity contribution in [1.29, 1.82) is 0 Å². The van der Waals surface area contributed by atoms with Gasteiger partial charge in [0.2, 0.25) is 0 Å². The number of nitro benzene ring substituents is 1. The minimum Gasteiger partial charge on any atom is -0.332 e. The maximum Gasteiger partial charge on any atom is 0.293 e. The first-order valence-corrected chi connectivity index (χ1v) is 7.07. The lowest BCUT2D eigenvalue weighted by Gasteiger charge is -2.07. The molecular formula is C11H12N4O4S. The van der Waals surface area contributed by atoms with E-state index in [-0.39, 0.29) is 16.4 Å². The van der Waals surface area contributed by atoms with Gasteiger partial charge < -0.3 is 4.98 Å². The van der Waals surface area contributed by atoms with Crippen molar-refractivity contribution in [3.63, 3.8) is 0 Å². The molecule has 0 amide bonds. The van der Waals surface area contributed by atoms with Crippen LogP contribution in [0.25, 0.3) is 0 Å². The second kappa shape index (κ2) is 4.93. The number of nitrogens with one attached hydrogen (secondary N) is 2. The lowest BCUT2D eigenvalue weighted by Crippen LogP contribution is -2.14. The van der Waals surface area contributed by atoms with Gasteiger partial charge >= 0.3 is 0 Å². The number of H-pyrrole nitrogens is 1. The first-order valence-electron chi connectivity index (χ1n) is 5.59. The van der Waals surface area contributed by atoms with Gasteiger partial charge in [0.15, 0.2) is 5.03 Å². The molecule has 0 atom stereocenters. The standard InChI is InChI=1S/C11H12N4O4S/c1-7-3-4-10(15(16)17)9(5-7)14-20(18,19)11-6-12-8(2)13-11/h3-6,14H,1-2H3,(H,12,13). The number of sulfonamides is 1. The lowest BCUT2D eigenvalue weighted by atomic mass is 10.2. The van der Waals surface area contributed by atoms with Crippen LogP contribution in [0.2, 0.25) is 0 Å². The fourth-order valence-corrected chi connectivity index (χ4v) is 2.66. The minimum absolute atomic E-state index is 0.0812. The van der Waals surface area contributed by atoms with Crippen LogP contribution in [0.3, 0.4) is 0 Å². The van der Waals surface area contributed by atoms with Crippen molar-refractivity contribution in [3.05, 3.63) is 45.9 Å². The molecule has 1 aromatic heterocycles. The summed E-state index contributed by atoms with van der Waals surface area (Å²) in [5.41, 5.74) is 0.312. The molecule has 0 spiro atoms. The van der Waals surface area contributed by atoms with Crippen molar-refractivity contribution in [2.24, 2.45) is 0 Å². The number of imidazole rings is 1. The summed E-state index contributed by atoms with van der Waals surface area (Å²) < 4.78 is 26.4. The summed E-state index contributed by atoms with van der Waals surface area (Å²) >= 11 is 0. The molecule has 0 aliphatic rings. The number of nitrogens with zero attached hydrogens (tertiary/aromatic N) is 2. The molecule has 0 radical (unpaired) electrons. The zero-order valence-electron chi connectivity index (χ0n) is 10.7. The third-order valence-corrected chi connectivity index (χ3v) is 3.84. The second-order valence-electron chi connectivity index (χ2n) is 4.22. The SMILES string of the molecule is Cc1ccc([N+](=O)[O-])c(NS(=O)(=O)c2cnc(C)[nH]2)c1. The Morgan fingerprint density at radius 1 is 1.35 bits per heavy atom. The minimum atomic E-state index is -3.94. The van der Waals surface area contributed by atoms with Gasteiger partial charge in [0.25, 0.3) is 15.7 Å². The Labute approximate surface area is 115 Å². The smallest absolute Gasteiger partial charge is 0.293 e. The van der Waals surface area contributed by atoms with Gasteiger partial charge in [-0.25, -0.2) is 4.98 Å². The topological polar surface area (TPSA) is 118 Å². The quantitative estimate of drug-likeness (QED) is 0.658. The molecule has 2 rings (SSSR count). The second-order valence-corrected chi connectivity index (χ2v) is 5.87. The molecule has 0 aliphatic carbocycles. The van der Waals surface area contributed by atoms with Crippen LogP contribution in [0.1, 0.15) is 11.4 Å². The number of benzene rings is 1. The van der Waals surface area contributed by atoms with Crippen molar-refractivity contribution in [3.8, 4) is 0 Å². The number of aromatic amines is 1. The van der Waals surface area contributed by atoms with Gasteiger partial charge in [-0.1, -0.05) is 6.07 Å². The number of hydrogen-bond donors (Lipinski definition) is 2. The Bertz CT molecular complexity index is 766. The van der Waals surface area contributed by atoms with Crippen LogP contribution in [0.5, 0.6) is 0 Å². The summed E-state index contributed by atoms with van der Waals surface area (Å²) in [5, 5.41) is 10.8. The summed E-state index contributed by atoms with van der Waals surface area (Å²) in [5.74, 6) is 0.434. The molecule has 20 heavy (non-hydrogen) atoms. The van der Waals surface area contributed by atoms with E-state index in [0.717, 1.165) is 6.20 Å². The molecule has 0 fully saturated rings. The highest BCUT2D eigenvalue weighted by molar-refractivity contribution is 7.92. The average molecular weight is 296 g/mol. The van der Waals surface area contributed by atoms with Gasteiger partial charge in [0.05, 0.1) is 11.1 Å².